The molecule has 1 fully saturated rings. The highest BCUT2D eigenvalue weighted by Gasteiger charge is 2.33. The van der Waals surface area contributed by atoms with Crippen molar-refractivity contribution in [2.75, 3.05) is 6.61 Å². The Morgan fingerprint density at radius 3 is 2.83 bits per heavy atom. The number of carbonyl (C=O) groups excluding carboxylic acids is 2. The summed E-state index contributed by atoms with van der Waals surface area (Å²) in [7, 11) is 0. The van der Waals surface area contributed by atoms with Crippen LogP contribution in [0.5, 0.6) is 0 Å². The number of hydrogen-bond acceptors (Lipinski definition) is 4. The monoisotopic (exact) mass is 172 g/mol. The molecule has 0 aliphatic carbocycles. The lowest BCUT2D eigenvalue weighted by Crippen LogP contribution is -2.39. The average Bonchev–Trinajstić information content (AvgIpc) is 1.97. The first-order valence-electron chi connectivity index (χ1n) is 3.95. The summed E-state index contributed by atoms with van der Waals surface area (Å²) in [6.07, 6.45) is 0.0557. The van der Waals surface area contributed by atoms with Gasteiger partial charge in [0.1, 0.15) is 0 Å². The second-order valence-corrected chi connectivity index (χ2v) is 2.96. The summed E-state index contributed by atoms with van der Waals surface area (Å²) in [5.74, 6) is -0.801. The zero-order chi connectivity index (χ0) is 9.14. The van der Waals surface area contributed by atoms with E-state index in [0.29, 0.717) is 6.61 Å². The van der Waals surface area contributed by atoms with Crippen molar-refractivity contribution in [3.05, 3.63) is 0 Å². The van der Waals surface area contributed by atoms with Gasteiger partial charge in [-0.2, -0.15) is 0 Å². The summed E-state index contributed by atoms with van der Waals surface area (Å²) >= 11 is 0. The standard InChI is InChI=1S/C8H12O4/c1-5-3-4-11-8(10)7(5)12-6(2)9/h5,7H,3-4H2,1-2H3. The highest BCUT2D eigenvalue weighted by Crippen LogP contribution is 2.18. The van der Waals surface area contributed by atoms with Crippen molar-refractivity contribution in [1.82, 2.24) is 0 Å². The fourth-order valence-corrected chi connectivity index (χ4v) is 1.15. The van der Waals surface area contributed by atoms with Crippen LogP contribution in [0.15, 0.2) is 0 Å². The first-order valence-corrected chi connectivity index (χ1v) is 3.95. The minimum Gasteiger partial charge on any atom is -0.463 e. The van der Waals surface area contributed by atoms with Crippen molar-refractivity contribution in [1.29, 1.82) is 0 Å². The summed E-state index contributed by atoms with van der Waals surface area (Å²) in [5, 5.41) is 0. The minimum atomic E-state index is -0.698. The predicted molar refractivity (Wildman–Crippen MR) is 40.3 cm³/mol. The van der Waals surface area contributed by atoms with Crippen molar-refractivity contribution in [3.63, 3.8) is 0 Å². The van der Waals surface area contributed by atoms with Crippen LogP contribution >= 0.6 is 0 Å². The van der Waals surface area contributed by atoms with Gasteiger partial charge >= 0.3 is 11.9 Å². The second kappa shape index (κ2) is 3.56. The lowest BCUT2D eigenvalue weighted by Gasteiger charge is -2.26. The molecule has 1 rings (SSSR count). The summed E-state index contributed by atoms with van der Waals surface area (Å²) in [6.45, 7) is 3.58. The molecule has 1 aliphatic rings. The Morgan fingerprint density at radius 1 is 1.67 bits per heavy atom. The van der Waals surface area contributed by atoms with E-state index in [4.69, 9.17) is 9.47 Å². The molecule has 0 bridgehead atoms. The minimum absolute atomic E-state index is 0.0650. The van der Waals surface area contributed by atoms with E-state index in [-0.39, 0.29) is 5.92 Å². The number of cyclic esters (lactones) is 1. The van der Waals surface area contributed by atoms with E-state index in [2.05, 4.69) is 0 Å². The Balaban J connectivity index is 2.57. The van der Waals surface area contributed by atoms with Crippen LogP contribution in [-0.2, 0) is 19.1 Å². The van der Waals surface area contributed by atoms with E-state index in [1.54, 1.807) is 0 Å². The smallest absolute Gasteiger partial charge is 0.347 e. The van der Waals surface area contributed by atoms with E-state index in [1.165, 1.54) is 6.92 Å². The van der Waals surface area contributed by atoms with Crippen LogP contribution in [0.25, 0.3) is 0 Å². The number of ether oxygens (including phenoxy) is 2. The van der Waals surface area contributed by atoms with Crippen molar-refractivity contribution in [3.8, 4) is 0 Å². The molecule has 0 aromatic carbocycles. The zero-order valence-corrected chi connectivity index (χ0v) is 7.20. The lowest BCUT2D eigenvalue weighted by molar-refractivity contribution is -0.176. The second-order valence-electron chi connectivity index (χ2n) is 2.96. The fourth-order valence-electron chi connectivity index (χ4n) is 1.15. The van der Waals surface area contributed by atoms with Gasteiger partial charge in [-0.25, -0.2) is 4.79 Å². The fraction of sp³-hybridized carbons (Fsp3) is 0.750. The molecule has 2 unspecified atom stereocenters. The van der Waals surface area contributed by atoms with Crippen molar-refractivity contribution < 1.29 is 19.1 Å². The van der Waals surface area contributed by atoms with E-state index in [9.17, 15) is 9.59 Å². The molecule has 0 amide bonds. The first-order chi connectivity index (χ1) is 5.61. The van der Waals surface area contributed by atoms with Gasteiger partial charge in [-0.1, -0.05) is 6.92 Å². The summed E-state index contributed by atoms with van der Waals surface area (Å²) in [6, 6.07) is 0. The van der Waals surface area contributed by atoms with Crippen LogP contribution in [0, 0.1) is 5.92 Å². The Bertz CT molecular complexity index is 199. The molecule has 1 aliphatic heterocycles. The van der Waals surface area contributed by atoms with Crippen LogP contribution < -0.4 is 0 Å². The molecular formula is C8H12O4. The van der Waals surface area contributed by atoms with Crippen LogP contribution in [-0.4, -0.2) is 24.6 Å². The molecule has 0 spiro atoms. The molecule has 68 valence electrons. The van der Waals surface area contributed by atoms with Gasteiger partial charge in [-0.3, -0.25) is 4.79 Å². The van der Waals surface area contributed by atoms with Gasteiger partial charge in [-0.15, -0.1) is 0 Å². The highest BCUT2D eigenvalue weighted by atomic mass is 16.6. The van der Waals surface area contributed by atoms with Gasteiger partial charge in [0, 0.05) is 12.8 Å². The van der Waals surface area contributed by atoms with Gasteiger partial charge < -0.3 is 9.47 Å². The Hall–Kier alpha value is -1.06. The van der Waals surface area contributed by atoms with Crippen molar-refractivity contribution in [2.24, 2.45) is 5.92 Å². The van der Waals surface area contributed by atoms with E-state index in [1.807, 2.05) is 6.92 Å². The molecule has 2 atom stereocenters. The maximum Gasteiger partial charge on any atom is 0.347 e. The number of hydrogen-bond donors (Lipinski definition) is 0. The maximum absolute atomic E-state index is 11.0. The largest absolute Gasteiger partial charge is 0.463 e. The molecule has 4 nitrogen and oxygen atoms in total. The quantitative estimate of drug-likeness (QED) is 0.540. The molecule has 0 N–H and O–H groups in total. The molecule has 12 heavy (non-hydrogen) atoms. The molecule has 0 aromatic rings. The number of rotatable bonds is 1. The third-order valence-electron chi connectivity index (χ3n) is 1.86. The first kappa shape index (κ1) is 9.03. The lowest BCUT2D eigenvalue weighted by atomic mass is 9.99. The summed E-state index contributed by atoms with van der Waals surface area (Å²) < 4.78 is 9.55. The van der Waals surface area contributed by atoms with Gasteiger partial charge in [-0.05, 0) is 6.42 Å². The normalized spacial score (nSPS) is 29.3. The average molecular weight is 172 g/mol. The Kier molecular flexibility index (Phi) is 2.68. The van der Waals surface area contributed by atoms with E-state index < -0.39 is 18.0 Å². The third kappa shape index (κ3) is 1.96. The Morgan fingerprint density at radius 2 is 2.33 bits per heavy atom. The predicted octanol–water partition coefficient (Wildman–Crippen LogP) is 0.501. The van der Waals surface area contributed by atoms with Crippen LogP contribution in [0.1, 0.15) is 20.3 Å². The van der Waals surface area contributed by atoms with Crippen molar-refractivity contribution >= 4 is 11.9 Å². The van der Waals surface area contributed by atoms with Crippen molar-refractivity contribution in [2.45, 2.75) is 26.4 Å². The van der Waals surface area contributed by atoms with Crippen LogP contribution in [0.2, 0.25) is 0 Å². The molecule has 0 aromatic heterocycles. The number of carbonyl (C=O) groups is 2. The van der Waals surface area contributed by atoms with Crippen LogP contribution in [0.4, 0.5) is 0 Å². The van der Waals surface area contributed by atoms with E-state index in [0.717, 1.165) is 6.42 Å². The molecule has 4 heteroatoms. The van der Waals surface area contributed by atoms with Gasteiger partial charge in [0.05, 0.1) is 6.61 Å². The molecule has 1 saturated heterocycles. The molecule has 0 saturated carbocycles. The van der Waals surface area contributed by atoms with E-state index >= 15 is 0 Å². The number of esters is 2. The summed E-state index contributed by atoms with van der Waals surface area (Å²) in [5.41, 5.74) is 0. The highest BCUT2D eigenvalue weighted by molar-refractivity contribution is 5.79. The molecule has 0 radical (unpaired) electrons. The van der Waals surface area contributed by atoms with Crippen LogP contribution in [0.3, 0.4) is 0 Å². The zero-order valence-electron chi connectivity index (χ0n) is 7.20. The summed E-state index contributed by atoms with van der Waals surface area (Å²) in [4.78, 5) is 21.6. The Labute approximate surface area is 70.8 Å². The molecular weight excluding hydrogens is 160 g/mol. The molecule has 1 heterocycles. The maximum atomic E-state index is 11.0. The third-order valence-corrected chi connectivity index (χ3v) is 1.86. The van der Waals surface area contributed by atoms with Gasteiger partial charge in [0.15, 0.2) is 0 Å². The topological polar surface area (TPSA) is 52.6 Å². The van der Waals surface area contributed by atoms with Gasteiger partial charge in [0.25, 0.3) is 0 Å². The van der Waals surface area contributed by atoms with Gasteiger partial charge in [0.2, 0.25) is 6.10 Å². The SMILES string of the molecule is CC(=O)OC1C(=O)OCCC1C.